The molecule has 1 aliphatic rings. The highest BCUT2D eigenvalue weighted by molar-refractivity contribution is 5.82. The van der Waals surface area contributed by atoms with Crippen LogP contribution >= 0.6 is 0 Å². The summed E-state index contributed by atoms with van der Waals surface area (Å²) in [6, 6.07) is 8.54. The first-order valence-corrected chi connectivity index (χ1v) is 6.89. The van der Waals surface area contributed by atoms with E-state index in [4.69, 9.17) is 5.73 Å². The van der Waals surface area contributed by atoms with E-state index in [9.17, 15) is 0 Å². The molecule has 1 aromatic heterocycles. The number of nitrogens with two attached hydrogens (primary N) is 1. The van der Waals surface area contributed by atoms with E-state index in [0.29, 0.717) is 5.41 Å². The van der Waals surface area contributed by atoms with Gasteiger partial charge in [-0.05, 0) is 48.3 Å². The van der Waals surface area contributed by atoms with Crippen molar-refractivity contribution in [1.29, 1.82) is 0 Å². The maximum absolute atomic E-state index is 5.83. The Hall–Kier alpha value is -1.28. The van der Waals surface area contributed by atoms with Crippen LogP contribution < -0.4 is 5.73 Å². The van der Waals surface area contributed by atoms with Gasteiger partial charge in [-0.15, -0.1) is 0 Å². The van der Waals surface area contributed by atoms with Crippen molar-refractivity contribution >= 4 is 10.9 Å². The molecular formula is C16H22N2. The summed E-state index contributed by atoms with van der Waals surface area (Å²) in [6.07, 6.45) is 4.59. The highest BCUT2D eigenvalue weighted by Gasteiger charge is 2.55. The van der Waals surface area contributed by atoms with E-state index < -0.39 is 0 Å². The van der Waals surface area contributed by atoms with E-state index >= 15 is 0 Å². The lowest BCUT2D eigenvalue weighted by atomic mass is 10.0. The van der Waals surface area contributed by atoms with Gasteiger partial charge in [-0.2, -0.15) is 0 Å². The second-order valence-electron chi connectivity index (χ2n) is 6.17. The molecule has 2 nitrogen and oxygen atoms in total. The van der Waals surface area contributed by atoms with Crippen molar-refractivity contribution in [2.24, 2.45) is 23.0 Å². The third kappa shape index (κ3) is 1.76. The smallest absolute Gasteiger partial charge is 0.0456 e. The molecule has 0 saturated heterocycles. The molecule has 18 heavy (non-hydrogen) atoms. The molecule has 1 fully saturated rings. The van der Waals surface area contributed by atoms with Gasteiger partial charge in [0, 0.05) is 17.1 Å². The average Bonchev–Trinajstić information content (AvgIpc) is 2.72. The molecule has 0 spiro atoms. The van der Waals surface area contributed by atoms with E-state index in [1.54, 1.807) is 0 Å². The van der Waals surface area contributed by atoms with Gasteiger partial charge in [-0.1, -0.05) is 32.0 Å². The normalized spacial score (nSPS) is 25.5. The van der Waals surface area contributed by atoms with Gasteiger partial charge in [-0.3, -0.25) is 0 Å². The van der Waals surface area contributed by atoms with Crippen LogP contribution in [0.5, 0.6) is 0 Å². The number of rotatable bonds is 4. The van der Waals surface area contributed by atoms with Crippen molar-refractivity contribution in [3.05, 3.63) is 36.0 Å². The SMILES string of the molecule is CC1(C)C(CN)C1CCc1c[nH]c2ccccc12. The number of aromatic nitrogens is 1. The molecule has 1 saturated carbocycles. The summed E-state index contributed by atoms with van der Waals surface area (Å²) in [7, 11) is 0. The van der Waals surface area contributed by atoms with Crippen LogP contribution in [-0.2, 0) is 6.42 Å². The molecule has 0 radical (unpaired) electrons. The molecule has 0 amide bonds. The van der Waals surface area contributed by atoms with E-state index in [1.807, 2.05) is 0 Å². The minimum absolute atomic E-state index is 0.459. The van der Waals surface area contributed by atoms with Crippen molar-refractivity contribution in [1.82, 2.24) is 4.98 Å². The summed E-state index contributed by atoms with van der Waals surface area (Å²) in [5.41, 5.74) is 8.99. The van der Waals surface area contributed by atoms with Crippen LogP contribution in [0.4, 0.5) is 0 Å². The predicted molar refractivity (Wildman–Crippen MR) is 76.4 cm³/mol. The Morgan fingerprint density at radius 2 is 2.00 bits per heavy atom. The average molecular weight is 242 g/mol. The first-order chi connectivity index (χ1) is 8.64. The van der Waals surface area contributed by atoms with E-state index in [2.05, 4.69) is 49.3 Å². The molecule has 96 valence electrons. The number of nitrogens with one attached hydrogen (secondary N) is 1. The Morgan fingerprint density at radius 1 is 1.22 bits per heavy atom. The Balaban J connectivity index is 1.71. The Bertz CT molecular complexity index is 553. The summed E-state index contributed by atoms with van der Waals surface area (Å²) in [5.74, 6) is 1.53. The zero-order valence-electron chi connectivity index (χ0n) is 11.2. The summed E-state index contributed by atoms with van der Waals surface area (Å²) in [5, 5.41) is 1.38. The highest BCUT2D eigenvalue weighted by atomic mass is 14.7. The van der Waals surface area contributed by atoms with Crippen LogP contribution in [0.3, 0.4) is 0 Å². The fourth-order valence-corrected chi connectivity index (χ4v) is 3.55. The first-order valence-electron chi connectivity index (χ1n) is 6.89. The van der Waals surface area contributed by atoms with Crippen LogP contribution in [0, 0.1) is 17.3 Å². The number of H-pyrrole nitrogens is 1. The summed E-state index contributed by atoms with van der Waals surface area (Å²) in [6.45, 7) is 5.54. The van der Waals surface area contributed by atoms with Crippen molar-refractivity contribution in [2.75, 3.05) is 6.54 Å². The maximum Gasteiger partial charge on any atom is 0.0456 e. The van der Waals surface area contributed by atoms with E-state index in [-0.39, 0.29) is 0 Å². The van der Waals surface area contributed by atoms with Crippen LogP contribution in [0.25, 0.3) is 10.9 Å². The topological polar surface area (TPSA) is 41.8 Å². The molecule has 2 heteroatoms. The summed E-state index contributed by atoms with van der Waals surface area (Å²) < 4.78 is 0. The zero-order valence-corrected chi connectivity index (χ0v) is 11.2. The Morgan fingerprint density at radius 3 is 2.72 bits per heavy atom. The fourth-order valence-electron chi connectivity index (χ4n) is 3.55. The quantitative estimate of drug-likeness (QED) is 0.848. The van der Waals surface area contributed by atoms with Gasteiger partial charge in [0.25, 0.3) is 0 Å². The van der Waals surface area contributed by atoms with Gasteiger partial charge in [-0.25, -0.2) is 0 Å². The van der Waals surface area contributed by atoms with Crippen molar-refractivity contribution in [2.45, 2.75) is 26.7 Å². The number of hydrogen-bond acceptors (Lipinski definition) is 1. The second-order valence-corrected chi connectivity index (χ2v) is 6.17. The number of hydrogen-bond donors (Lipinski definition) is 2. The third-order valence-corrected chi connectivity index (χ3v) is 4.94. The van der Waals surface area contributed by atoms with Gasteiger partial charge in [0.2, 0.25) is 0 Å². The lowest BCUT2D eigenvalue weighted by Crippen LogP contribution is -2.05. The number of fused-ring (bicyclic) bond motifs is 1. The third-order valence-electron chi connectivity index (χ3n) is 4.94. The van der Waals surface area contributed by atoms with E-state index in [1.165, 1.54) is 22.9 Å². The lowest BCUT2D eigenvalue weighted by Gasteiger charge is -2.02. The molecule has 0 aliphatic heterocycles. The zero-order chi connectivity index (χ0) is 12.8. The van der Waals surface area contributed by atoms with Crippen LogP contribution in [0.1, 0.15) is 25.8 Å². The number of aryl methyl sites for hydroxylation is 1. The molecule has 2 atom stereocenters. The molecular weight excluding hydrogens is 220 g/mol. The minimum atomic E-state index is 0.459. The standard InChI is InChI=1S/C16H22N2/c1-16(2)13(14(16)9-17)8-7-11-10-18-15-6-4-3-5-12(11)15/h3-6,10,13-14,18H,7-9,17H2,1-2H3. The molecule has 3 N–H and O–H groups in total. The number of aromatic amines is 1. The van der Waals surface area contributed by atoms with Gasteiger partial charge >= 0.3 is 0 Å². The fraction of sp³-hybridized carbons (Fsp3) is 0.500. The highest BCUT2D eigenvalue weighted by Crippen LogP contribution is 2.59. The Kier molecular flexibility index (Phi) is 2.70. The second kappa shape index (κ2) is 4.13. The van der Waals surface area contributed by atoms with Gasteiger partial charge in [0.15, 0.2) is 0 Å². The minimum Gasteiger partial charge on any atom is -0.361 e. The maximum atomic E-state index is 5.83. The van der Waals surface area contributed by atoms with Gasteiger partial charge in [0.1, 0.15) is 0 Å². The van der Waals surface area contributed by atoms with Crippen molar-refractivity contribution < 1.29 is 0 Å². The first kappa shape index (κ1) is 11.8. The summed E-state index contributed by atoms with van der Waals surface area (Å²) in [4.78, 5) is 3.35. The lowest BCUT2D eigenvalue weighted by molar-refractivity contribution is 0.523. The van der Waals surface area contributed by atoms with Gasteiger partial charge in [0.05, 0.1) is 0 Å². The number of benzene rings is 1. The van der Waals surface area contributed by atoms with Crippen molar-refractivity contribution in [3.8, 4) is 0 Å². The van der Waals surface area contributed by atoms with Gasteiger partial charge < -0.3 is 10.7 Å². The number of para-hydroxylation sites is 1. The molecule has 3 rings (SSSR count). The Labute approximate surface area is 109 Å². The molecule has 2 unspecified atom stereocenters. The molecule has 0 bridgehead atoms. The summed E-state index contributed by atoms with van der Waals surface area (Å²) >= 11 is 0. The van der Waals surface area contributed by atoms with E-state index in [0.717, 1.165) is 24.8 Å². The molecule has 2 aromatic rings. The van der Waals surface area contributed by atoms with Crippen LogP contribution in [0.2, 0.25) is 0 Å². The molecule has 1 heterocycles. The predicted octanol–water partition coefficient (Wildman–Crippen LogP) is 3.33. The molecule has 1 aliphatic carbocycles. The van der Waals surface area contributed by atoms with Crippen molar-refractivity contribution in [3.63, 3.8) is 0 Å². The molecule has 1 aromatic carbocycles. The monoisotopic (exact) mass is 242 g/mol. The largest absolute Gasteiger partial charge is 0.361 e. The van der Waals surface area contributed by atoms with Crippen LogP contribution in [-0.4, -0.2) is 11.5 Å². The van der Waals surface area contributed by atoms with Crippen LogP contribution in [0.15, 0.2) is 30.5 Å².